The molecule has 1 amide bonds. The van der Waals surface area contributed by atoms with Crippen molar-refractivity contribution in [2.24, 2.45) is 0 Å². The van der Waals surface area contributed by atoms with E-state index in [1.54, 1.807) is 0 Å². The zero-order chi connectivity index (χ0) is 32.4. The van der Waals surface area contributed by atoms with Crippen LogP contribution in [0.25, 0.3) is 11.0 Å². The average molecular weight is 646 g/mol. The maximum absolute atomic E-state index is 11.8. The number of ether oxygens (including phenoxy) is 4. The largest absolute Gasteiger partial charge is 0.494 e. The zero-order valence-electron chi connectivity index (χ0n) is 27.3. The normalized spacial score (nSPS) is 17.0. The van der Waals surface area contributed by atoms with Gasteiger partial charge in [0.1, 0.15) is 12.5 Å². The number of fused-ring (bicyclic) bond motifs is 1. The molecule has 0 aliphatic carbocycles. The number of piperidine rings is 1. The minimum Gasteiger partial charge on any atom is -0.494 e. The highest BCUT2D eigenvalue weighted by Gasteiger charge is 2.33. The van der Waals surface area contributed by atoms with Crippen LogP contribution in [-0.2, 0) is 34.2 Å². The molecule has 1 saturated heterocycles. The smallest absolute Gasteiger partial charge is 0.407 e. The summed E-state index contributed by atoms with van der Waals surface area (Å²) in [5.41, 5.74) is 5.20. The van der Waals surface area contributed by atoms with E-state index in [0.29, 0.717) is 52.7 Å². The molecule has 3 aromatic carbocycles. The number of imidazole rings is 1. The summed E-state index contributed by atoms with van der Waals surface area (Å²) < 4.78 is 26.1. The first-order valence-electron chi connectivity index (χ1n) is 16.2. The molecule has 2 heterocycles. The van der Waals surface area contributed by atoms with Gasteiger partial charge in [-0.25, -0.2) is 9.78 Å². The second kappa shape index (κ2) is 16.2. The van der Waals surface area contributed by atoms with Crippen molar-refractivity contribution in [2.75, 3.05) is 32.9 Å². The zero-order valence-corrected chi connectivity index (χ0v) is 28.3. The topological polar surface area (TPSA) is 95.3 Å². The van der Waals surface area contributed by atoms with Crippen molar-refractivity contribution in [3.8, 4) is 5.75 Å². The van der Waals surface area contributed by atoms with E-state index in [-0.39, 0.29) is 12.0 Å². The van der Waals surface area contributed by atoms with Crippen LogP contribution in [0.15, 0.2) is 79.1 Å². The number of likely N-dealkylation sites (tertiary alicyclic amines) is 1. The van der Waals surface area contributed by atoms with Gasteiger partial charge in [0.2, 0.25) is 0 Å². The minimum atomic E-state index is -1.13. The van der Waals surface area contributed by atoms with E-state index in [0.717, 1.165) is 52.5 Å². The molecule has 1 fully saturated rings. The number of carboxylic acid groups (broad SMARTS) is 1. The van der Waals surface area contributed by atoms with Crippen molar-refractivity contribution >= 4 is 25.2 Å². The van der Waals surface area contributed by atoms with Crippen LogP contribution in [0.5, 0.6) is 5.75 Å². The number of rotatable bonds is 16. The number of carbonyl (C=O) groups is 1. The molecule has 1 aliphatic rings. The monoisotopic (exact) mass is 645 g/mol. The fourth-order valence-corrected chi connectivity index (χ4v) is 6.37. The average Bonchev–Trinajstić information content (AvgIpc) is 3.46. The second-order valence-corrected chi connectivity index (χ2v) is 18.8. The number of amides is 1. The third kappa shape index (κ3) is 9.90. The Labute approximate surface area is 273 Å². The molecule has 46 heavy (non-hydrogen) atoms. The van der Waals surface area contributed by atoms with Gasteiger partial charge >= 0.3 is 6.09 Å². The summed E-state index contributed by atoms with van der Waals surface area (Å²) in [6.07, 6.45) is 2.13. The Morgan fingerprint density at radius 1 is 0.935 bits per heavy atom. The van der Waals surface area contributed by atoms with Crippen molar-refractivity contribution in [2.45, 2.75) is 70.5 Å². The van der Waals surface area contributed by atoms with Crippen molar-refractivity contribution < 1.29 is 28.8 Å². The van der Waals surface area contributed by atoms with E-state index in [4.69, 9.17) is 18.9 Å². The van der Waals surface area contributed by atoms with E-state index in [9.17, 15) is 9.90 Å². The highest BCUT2D eigenvalue weighted by molar-refractivity contribution is 6.76. The molecule has 2 unspecified atom stereocenters. The molecule has 4 aromatic rings. The Balaban J connectivity index is 1.13. The molecule has 246 valence electrons. The standard InChI is InChI=1S/C36H47N3O6Si/c1-46(2,3)21-20-43-27-39-26-37-33-22-29(10-15-34(33)39)25-45-35-23-38(36(40)41)17-16-32(35)30-11-13-31(14-12-30)44-19-7-18-42-24-28-8-5-4-6-9-28/h4-6,8-15,22,26,32,35H,7,16-21,23-25,27H2,1-3H3,(H,40,41). The molecular formula is C36H47N3O6Si. The molecule has 1 aromatic heterocycles. The van der Waals surface area contributed by atoms with Gasteiger partial charge in [0.05, 0.1) is 56.4 Å². The summed E-state index contributed by atoms with van der Waals surface area (Å²) in [6.45, 7) is 11.3. The second-order valence-electron chi connectivity index (χ2n) is 13.2. The molecule has 0 saturated carbocycles. The lowest BCUT2D eigenvalue weighted by Gasteiger charge is -2.37. The molecule has 0 spiro atoms. The fraction of sp³-hybridized carbons (Fsp3) is 0.444. The van der Waals surface area contributed by atoms with E-state index >= 15 is 0 Å². The van der Waals surface area contributed by atoms with Gasteiger partial charge in [0.15, 0.2) is 0 Å². The lowest BCUT2D eigenvalue weighted by atomic mass is 9.87. The van der Waals surface area contributed by atoms with E-state index in [1.807, 2.05) is 53.4 Å². The molecular weight excluding hydrogens is 598 g/mol. The summed E-state index contributed by atoms with van der Waals surface area (Å²) in [6, 6.07) is 25.5. The predicted molar refractivity (Wildman–Crippen MR) is 182 cm³/mol. The minimum absolute atomic E-state index is 0.0762. The number of aromatic nitrogens is 2. The summed E-state index contributed by atoms with van der Waals surface area (Å²) in [7, 11) is -1.13. The molecule has 10 heteroatoms. The number of hydrogen-bond donors (Lipinski definition) is 1. The summed E-state index contributed by atoms with van der Waals surface area (Å²) in [5.74, 6) is 0.883. The van der Waals surface area contributed by atoms with Crippen molar-refractivity contribution in [1.82, 2.24) is 14.5 Å². The van der Waals surface area contributed by atoms with Gasteiger partial charge in [-0.3, -0.25) is 0 Å². The van der Waals surface area contributed by atoms with Crippen molar-refractivity contribution in [3.05, 3.63) is 95.8 Å². The number of benzene rings is 3. The van der Waals surface area contributed by atoms with Gasteiger partial charge in [-0.15, -0.1) is 0 Å². The molecule has 1 N–H and O–H groups in total. The maximum atomic E-state index is 11.8. The van der Waals surface area contributed by atoms with Gasteiger partial charge < -0.3 is 33.5 Å². The van der Waals surface area contributed by atoms with Crippen LogP contribution in [0.1, 0.15) is 35.4 Å². The molecule has 0 radical (unpaired) electrons. The third-order valence-electron chi connectivity index (χ3n) is 8.33. The van der Waals surface area contributed by atoms with Gasteiger partial charge in [-0.05, 0) is 53.4 Å². The van der Waals surface area contributed by atoms with E-state index in [1.165, 1.54) is 4.90 Å². The van der Waals surface area contributed by atoms with E-state index < -0.39 is 14.2 Å². The highest BCUT2D eigenvalue weighted by Crippen LogP contribution is 2.32. The van der Waals surface area contributed by atoms with Crippen LogP contribution >= 0.6 is 0 Å². The summed E-state index contributed by atoms with van der Waals surface area (Å²) in [5, 5.41) is 9.69. The number of nitrogens with zero attached hydrogens (tertiary/aromatic N) is 3. The molecule has 5 rings (SSSR count). The fourth-order valence-electron chi connectivity index (χ4n) is 5.61. The molecule has 0 bridgehead atoms. The Kier molecular flexibility index (Phi) is 11.9. The Bertz CT molecular complexity index is 1520. The van der Waals surface area contributed by atoms with Crippen LogP contribution < -0.4 is 4.74 Å². The summed E-state index contributed by atoms with van der Waals surface area (Å²) in [4.78, 5) is 17.9. The summed E-state index contributed by atoms with van der Waals surface area (Å²) >= 11 is 0. The van der Waals surface area contributed by atoms with Crippen LogP contribution in [0.4, 0.5) is 4.79 Å². The van der Waals surface area contributed by atoms with Gasteiger partial charge in [0, 0.05) is 33.6 Å². The van der Waals surface area contributed by atoms with Crippen LogP contribution in [-0.4, -0.2) is 72.7 Å². The Morgan fingerprint density at radius 3 is 2.50 bits per heavy atom. The SMILES string of the molecule is C[Si](C)(C)CCOCn1cnc2cc(COC3CN(C(=O)O)CCC3c3ccc(OCCCOCc4ccccc4)cc3)ccc21. The van der Waals surface area contributed by atoms with Gasteiger partial charge in [-0.1, -0.05) is 68.2 Å². The predicted octanol–water partition coefficient (Wildman–Crippen LogP) is 7.39. The Hall–Kier alpha value is -3.70. The molecule has 9 nitrogen and oxygen atoms in total. The van der Waals surface area contributed by atoms with E-state index in [2.05, 4.69) is 55.0 Å². The first kappa shape index (κ1) is 33.7. The number of hydrogen-bond acceptors (Lipinski definition) is 6. The lowest BCUT2D eigenvalue weighted by Crippen LogP contribution is -2.46. The lowest BCUT2D eigenvalue weighted by molar-refractivity contribution is -0.0199. The van der Waals surface area contributed by atoms with Crippen molar-refractivity contribution in [1.29, 1.82) is 0 Å². The van der Waals surface area contributed by atoms with Crippen LogP contribution in [0, 0.1) is 0 Å². The first-order chi connectivity index (χ1) is 22.2. The third-order valence-corrected chi connectivity index (χ3v) is 10.0. The van der Waals surface area contributed by atoms with Gasteiger partial charge in [-0.2, -0.15) is 0 Å². The molecule has 2 atom stereocenters. The first-order valence-corrected chi connectivity index (χ1v) is 19.9. The maximum Gasteiger partial charge on any atom is 0.407 e. The van der Waals surface area contributed by atoms with Crippen molar-refractivity contribution in [3.63, 3.8) is 0 Å². The van der Waals surface area contributed by atoms with Crippen LogP contribution in [0.3, 0.4) is 0 Å². The van der Waals surface area contributed by atoms with Crippen LogP contribution in [0.2, 0.25) is 25.7 Å². The Morgan fingerprint density at radius 2 is 1.74 bits per heavy atom. The van der Waals surface area contributed by atoms with Gasteiger partial charge in [0.25, 0.3) is 0 Å². The quantitative estimate of drug-likeness (QED) is 0.100. The molecule has 1 aliphatic heterocycles. The highest BCUT2D eigenvalue weighted by atomic mass is 28.3.